The van der Waals surface area contributed by atoms with E-state index < -0.39 is 34.0 Å². The molecule has 1 fully saturated rings. The number of esters is 1. The average Bonchev–Trinajstić information content (AvgIpc) is 2.59. The van der Waals surface area contributed by atoms with Gasteiger partial charge >= 0.3 is 5.97 Å². The lowest BCUT2D eigenvalue weighted by atomic mass is 10.1. The number of rotatable bonds is 5. The largest absolute Gasteiger partial charge is 0.452 e. The summed E-state index contributed by atoms with van der Waals surface area (Å²) < 4.78 is 32.3. The van der Waals surface area contributed by atoms with Crippen LogP contribution in [0.2, 0.25) is 0 Å². The van der Waals surface area contributed by atoms with Crippen LogP contribution < -0.4 is 5.32 Å². The number of aryl methyl sites for hydroxylation is 1. The van der Waals surface area contributed by atoms with Crippen LogP contribution in [0, 0.1) is 6.92 Å². The fourth-order valence-electron chi connectivity index (χ4n) is 2.92. The fourth-order valence-corrected chi connectivity index (χ4v) is 4.69. The number of carbonyl (C=O) groups excluding carboxylic acids is 2. The maximum Gasteiger partial charge on any atom is 0.338 e. The van der Waals surface area contributed by atoms with E-state index in [-0.39, 0.29) is 10.5 Å². The van der Waals surface area contributed by atoms with Gasteiger partial charge in [-0.15, -0.1) is 0 Å². The summed E-state index contributed by atoms with van der Waals surface area (Å²) in [6.07, 6.45) is 2.69. The van der Waals surface area contributed by atoms with Gasteiger partial charge in [-0.1, -0.05) is 12.5 Å². The number of ether oxygens (including phenoxy) is 1. The van der Waals surface area contributed by atoms with E-state index in [2.05, 4.69) is 5.32 Å². The van der Waals surface area contributed by atoms with E-state index >= 15 is 0 Å². The summed E-state index contributed by atoms with van der Waals surface area (Å²) in [4.78, 5) is 24.2. The van der Waals surface area contributed by atoms with E-state index in [9.17, 15) is 18.0 Å². The van der Waals surface area contributed by atoms with Gasteiger partial charge in [-0.3, -0.25) is 4.79 Å². The van der Waals surface area contributed by atoms with Gasteiger partial charge < -0.3 is 10.1 Å². The predicted molar refractivity (Wildman–Crippen MR) is 102 cm³/mol. The van der Waals surface area contributed by atoms with Crippen LogP contribution in [-0.4, -0.2) is 49.8 Å². The van der Waals surface area contributed by atoms with Gasteiger partial charge in [-0.2, -0.15) is 4.31 Å². The molecule has 1 aromatic carbocycles. The van der Waals surface area contributed by atoms with Crippen LogP contribution in [0.1, 0.15) is 56.0 Å². The van der Waals surface area contributed by atoms with Gasteiger partial charge in [0, 0.05) is 18.6 Å². The molecule has 7 nitrogen and oxygen atoms in total. The average molecular weight is 397 g/mol. The first kappa shape index (κ1) is 21.4. The molecule has 0 saturated carbocycles. The summed E-state index contributed by atoms with van der Waals surface area (Å²) in [5, 5.41) is 2.70. The van der Waals surface area contributed by atoms with E-state index in [4.69, 9.17) is 4.74 Å². The molecule has 0 bridgehead atoms. The number of carbonyl (C=O) groups is 2. The highest BCUT2D eigenvalue weighted by atomic mass is 32.2. The maximum absolute atomic E-state index is 12.9. The Hall–Kier alpha value is -1.93. The number of sulfonamides is 1. The monoisotopic (exact) mass is 396 g/mol. The Kier molecular flexibility index (Phi) is 6.64. The minimum Gasteiger partial charge on any atom is -0.452 e. The Balaban J connectivity index is 2.14. The molecule has 0 radical (unpaired) electrons. The first-order valence-corrected chi connectivity index (χ1v) is 10.5. The van der Waals surface area contributed by atoms with Crippen molar-refractivity contribution in [3.05, 3.63) is 29.3 Å². The topological polar surface area (TPSA) is 92.8 Å². The Morgan fingerprint density at radius 3 is 2.37 bits per heavy atom. The summed E-state index contributed by atoms with van der Waals surface area (Å²) in [5.74, 6) is -1.14. The first-order valence-electron chi connectivity index (χ1n) is 9.10. The smallest absolute Gasteiger partial charge is 0.338 e. The highest BCUT2D eigenvalue weighted by molar-refractivity contribution is 7.89. The van der Waals surface area contributed by atoms with Crippen molar-refractivity contribution in [1.29, 1.82) is 0 Å². The number of amides is 1. The molecule has 0 aromatic heterocycles. The van der Waals surface area contributed by atoms with Crippen molar-refractivity contribution in [3.8, 4) is 0 Å². The highest BCUT2D eigenvalue weighted by Gasteiger charge is 2.28. The van der Waals surface area contributed by atoms with Crippen LogP contribution in [0.3, 0.4) is 0 Å². The van der Waals surface area contributed by atoms with Crippen molar-refractivity contribution < 1.29 is 22.7 Å². The summed E-state index contributed by atoms with van der Waals surface area (Å²) >= 11 is 0. The molecule has 0 atom stereocenters. The molecular weight excluding hydrogens is 368 g/mol. The summed E-state index contributed by atoms with van der Waals surface area (Å²) in [7, 11) is -3.66. The molecule has 8 heteroatoms. The van der Waals surface area contributed by atoms with Crippen molar-refractivity contribution in [3.63, 3.8) is 0 Å². The number of hydrogen-bond acceptors (Lipinski definition) is 5. The molecule has 150 valence electrons. The summed E-state index contributed by atoms with van der Waals surface area (Å²) in [6, 6.07) is 4.43. The van der Waals surface area contributed by atoms with E-state index in [1.807, 2.05) is 20.8 Å². The lowest BCUT2D eigenvalue weighted by Crippen LogP contribution is -2.42. The molecule has 1 heterocycles. The molecule has 1 aliphatic rings. The Morgan fingerprint density at radius 2 is 1.78 bits per heavy atom. The van der Waals surface area contributed by atoms with Crippen LogP contribution in [0.5, 0.6) is 0 Å². The first-order chi connectivity index (χ1) is 12.5. The molecule has 27 heavy (non-hydrogen) atoms. The molecule has 1 amide bonds. The van der Waals surface area contributed by atoms with Gasteiger partial charge in [0.15, 0.2) is 6.61 Å². The van der Waals surface area contributed by atoms with Crippen LogP contribution in [0.25, 0.3) is 0 Å². The number of piperidine rings is 1. The van der Waals surface area contributed by atoms with Crippen LogP contribution in [0.15, 0.2) is 23.1 Å². The van der Waals surface area contributed by atoms with Crippen LogP contribution in [-0.2, 0) is 19.6 Å². The van der Waals surface area contributed by atoms with Gasteiger partial charge in [0.25, 0.3) is 5.91 Å². The maximum atomic E-state index is 12.9. The molecule has 0 unspecified atom stereocenters. The molecule has 1 aromatic rings. The van der Waals surface area contributed by atoms with Gasteiger partial charge in [-0.05, 0) is 58.2 Å². The summed E-state index contributed by atoms with van der Waals surface area (Å²) in [5.41, 5.74) is 0.255. The van der Waals surface area contributed by atoms with Gasteiger partial charge in [0.2, 0.25) is 10.0 Å². The van der Waals surface area contributed by atoms with Gasteiger partial charge in [0.05, 0.1) is 10.5 Å². The van der Waals surface area contributed by atoms with Crippen molar-refractivity contribution >= 4 is 21.9 Å². The number of nitrogens with zero attached hydrogens (tertiary/aromatic N) is 1. The Labute approximate surface area is 161 Å². The second kappa shape index (κ2) is 8.39. The quantitative estimate of drug-likeness (QED) is 0.771. The van der Waals surface area contributed by atoms with E-state index in [1.165, 1.54) is 16.4 Å². The summed E-state index contributed by atoms with van der Waals surface area (Å²) in [6.45, 7) is 7.73. The van der Waals surface area contributed by atoms with Crippen molar-refractivity contribution in [2.75, 3.05) is 19.7 Å². The highest BCUT2D eigenvalue weighted by Crippen LogP contribution is 2.24. The zero-order chi connectivity index (χ0) is 20.2. The lowest BCUT2D eigenvalue weighted by molar-refractivity contribution is -0.125. The Morgan fingerprint density at radius 1 is 1.15 bits per heavy atom. The standard InChI is InChI=1S/C19H28N2O5S/c1-14-8-9-15(18(23)26-13-17(22)20-19(2,3)4)12-16(14)27(24,25)21-10-6-5-7-11-21/h8-9,12H,5-7,10-11,13H2,1-4H3,(H,20,22). The van der Waals surface area contributed by atoms with Crippen LogP contribution >= 0.6 is 0 Å². The van der Waals surface area contributed by atoms with Crippen molar-refractivity contribution in [2.24, 2.45) is 0 Å². The van der Waals surface area contributed by atoms with E-state index in [0.717, 1.165) is 19.3 Å². The molecule has 0 aliphatic carbocycles. The molecule has 0 spiro atoms. The molecule has 1 N–H and O–H groups in total. The molecule has 1 aliphatic heterocycles. The number of nitrogens with one attached hydrogen (secondary N) is 1. The predicted octanol–water partition coefficient (Wildman–Crippen LogP) is 2.24. The van der Waals surface area contributed by atoms with Crippen LogP contribution in [0.4, 0.5) is 0 Å². The molecule has 1 saturated heterocycles. The second-order valence-electron chi connectivity index (χ2n) is 7.82. The van der Waals surface area contributed by atoms with E-state index in [1.54, 1.807) is 13.0 Å². The van der Waals surface area contributed by atoms with Crippen molar-refractivity contribution in [2.45, 2.75) is 57.4 Å². The zero-order valence-electron chi connectivity index (χ0n) is 16.4. The second-order valence-corrected chi connectivity index (χ2v) is 9.73. The molecule has 2 rings (SSSR count). The number of benzene rings is 1. The van der Waals surface area contributed by atoms with Crippen molar-refractivity contribution in [1.82, 2.24) is 9.62 Å². The third kappa shape index (κ3) is 5.77. The minimum atomic E-state index is -3.66. The van der Waals surface area contributed by atoms with Gasteiger partial charge in [-0.25, -0.2) is 13.2 Å². The molecular formula is C19H28N2O5S. The lowest BCUT2D eigenvalue weighted by Gasteiger charge is -2.26. The SMILES string of the molecule is Cc1ccc(C(=O)OCC(=O)NC(C)(C)C)cc1S(=O)(=O)N1CCCCC1. The normalized spacial score (nSPS) is 16.0. The third-order valence-electron chi connectivity index (χ3n) is 4.21. The fraction of sp³-hybridized carbons (Fsp3) is 0.579. The van der Waals surface area contributed by atoms with E-state index in [0.29, 0.717) is 18.7 Å². The Bertz CT molecular complexity index is 806. The zero-order valence-corrected chi connectivity index (χ0v) is 17.2. The van der Waals surface area contributed by atoms with Gasteiger partial charge in [0.1, 0.15) is 0 Å². The minimum absolute atomic E-state index is 0.109. The number of hydrogen-bond donors (Lipinski definition) is 1. The third-order valence-corrected chi connectivity index (χ3v) is 6.25.